The molecule has 0 saturated heterocycles. The fraction of sp³-hybridized carbons (Fsp3) is 0.167. The van der Waals surface area contributed by atoms with E-state index in [0.29, 0.717) is 12.2 Å². The Hall–Kier alpha value is -1.06. The number of thiophene rings is 1. The first-order valence-electron chi connectivity index (χ1n) is 4.90. The Labute approximate surface area is 103 Å². The minimum atomic E-state index is -0.220. The maximum Gasteiger partial charge on any atom is 0.146 e. The molecule has 0 fully saturated rings. The molecule has 0 unspecified atom stereocenters. The van der Waals surface area contributed by atoms with Crippen molar-refractivity contribution >= 4 is 28.6 Å². The molecule has 0 amide bonds. The van der Waals surface area contributed by atoms with Crippen LogP contribution in [-0.2, 0) is 6.54 Å². The first-order chi connectivity index (χ1) is 7.66. The molecule has 1 N–H and O–H groups in total. The molecule has 1 nitrogen and oxygen atoms in total. The Morgan fingerprint density at radius 1 is 1.31 bits per heavy atom. The molecular formula is C12H11ClFNS. The van der Waals surface area contributed by atoms with E-state index in [-0.39, 0.29) is 5.82 Å². The molecule has 1 heterocycles. The van der Waals surface area contributed by atoms with Gasteiger partial charge in [-0.2, -0.15) is 0 Å². The molecule has 0 radical (unpaired) electrons. The smallest absolute Gasteiger partial charge is 0.146 e. The zero-order valence-electron chi connectivity index (χ0n) is 8.76. The lowest BCUT2D eigenvalue weighted by molar-refractivity contribution is 0.629. The van der Waals surface area contributed by atoms with Crippen LogP contribution in [0, 0.1) is 12.7 Å². The molecule has 84 valence electrons. The maximum absolute atomic E-state index is 13.5. The minimum Gasteiger partial charge on any atom is -0.378 e. The van der Waals surface area contributed by atoms with Crippen molar-refractivity contribution < 1.29 is 4.39 Å². The van der Waals surface area contributed by atoms with Crippen LogP contribution < -0.4 is 5.32 Å². The molecule has 1 aromatic heterocycles. The number of hydrogen-bond donors (Lipinski definition) is 1. The van der Waals surface area contributed by atoms with Crippen LogP contribution in [0.15, 0.2) is 30.3 Å². The van der Waals surface area contributed by atoms with Crippen molar-refractivity contribution in [3.63, 3.8) is 0 Å². The first kappa shape index (κ1) is 11.4. The van der Waals surface area contributed by atoms with Crippen molar-refractivity contribution in [2.24, 2.45) is 0 Å². The van der Waals surface area contributed by atoms with E-state index in [1.807, 2.05) is 25.1 Å². The van der Waals surface area contributed by atoms with E-state index in [1.54, 1.807) is 6.07 Å². The van der Waals surface area contributed by atoms with Gasteiger partial charge in [-0.15, -0.1) is 11.3 Å². The van der Waals surface area contributed by atoms with E-state index in [2.05, 4.69) is 5.32 Å². The predicted molar refractivity (Wildman–Crippen MR) is 67.8 cm³/mol. The summed E-state index contributed by atoms with van der Waals surface area (Å²) in [6.45, 7) is 2.48. The van der Waals surface area contributed by atoms with Gasteiger partial charge in [-0.25, -0.2) is 4.39 Å². The zero-order valence-corrected chi connectivity index (χ0v) is 10.3. The van der Waals surface area contributed by atoms with Gasteiger partial charge in [0.25, 0.3) is 0 Å². The van der Waals surface area contributed by atoms with Gasteiger partial charge in [0.05, 0.1) is 10.0 Å². The third kappa shape index (κ3) is 2.54. The standard InChI is InChI=1S/C12H11ClFNS/c1-8-3-2-4-10(14)12(8)15-7-9-5-6-11(13)16-9/h2-6,15H,7H2,1H3. The Bertz CT molecular complexity index is 475. The summed E-state index contributed by atoms with van der Waals surface area (Å²) >= 11 is 7.32. The zero-order chi connectivity index (χ0) is 11.5. The van der Waals surface area contributed by atoms with Gasteiger partial charge in [0.2, 0.25) is 0 Å². The Morgan fingerprint density at radius 3 is 2.75 bits per heavy atom. The third-order valence-corrected chi connectivity index (χ3v) is 3.52. The van der Waals surface area contributed by atoms with Crippen molar-refractivity contribution in [1.29, 1.82) is 0 Å². The van der Waals surface area contributed by atoms with Crippen LogP contribution in [0.25, 0.3) is 0 Å². The topological polar surface area (TPSA) is 12.0 Å². The largest absolute Gasteiger partial charge is 0.378 e. The van der Waals surface area contributed by atoms with Crippen molar-refractivity contribution in [2.75, 3.05) is 5.32 Å². The summed E-state index contributed by atoms with van der Waals surface area (Å²) in [5.41, 5.74) is 1.47. The molecule has 0 aliphatic heterocycles. The summed E-state index contributed by atoms with van der Waals surface area (Å²) in [6.07, 6.45) is 0. The second kappa shape index (κ2) is 4.85. The number of aryl methyl sites for hydroxylation is 1. The number of rotatable bonds is 3. The second-order valence-electron chi connectivity index (χ2n) is 3.49. The highest BCUT2D eigenvalue weighted by atomic mass is 35.5. The summed E-state index contributed by atoms with van der Waals surface area (Å²) in [6, 6.07) is 8.83. The van der Waals surface area contributed by atoms with Gasteiger partial charge in [-0.1, -0.05) is 23.7 Å². The van der Waals surface area contributed by atoms with Crippen LogP contribution in [0.3, 0.4) is 0 Å². The van der Waals surface area contributed by atoms with Gasteiger partial charge in [-0.05, 0) is 30.7 Å². The fourth-order valence-electron chi connectivity index (χ4n) is 1.48. The highest BCUT2D eigenvalue weighted by Crippen LogP contribution is 2.24. The van der Waals surface area contributed by atoms with Crippen LogP contribution >= 0.6 is 22.9 Å². The van der Waals surface area contributed by atoms with E-state index >= 15 is 0 Å². The SMILES string of the molecule is Cc1cccc(F)c1NCc1ccc(Cl)s1. The molecule has 0 aliphatic carbocycles. The summed E-state index contributed by atoms with van der Waals surface area (Å²) < 4.78 is 14.2. The van der Waals surface area contributed by atoms with E-state index in [9.17, 15) is 4.39 Å². The molecule has 2 aromatic rings. The van der Waals surface area contributed by atoms with Gasteiger partial charge in [0, 0.05) is 11.4 Å². The van der Waals surface area contributed by atoms with Crippen LogP contribution in [0.1, 0.15) is 10.4 Å². The number of halogens is 2. The van der Waals surface area contributed by atoms with E-state index in [0.717, 1.165) is 14.8 Å². The average Bonchev–Trinajstić information content (AvgIpc) is 2.63. The summed E-state index contributed by atoms with van der Waals surface area (Å²) in [7, 11) is 0. The molecule has 2 rings (SSSR count). The van der Waals surface area contributed by atoms with Crippen molar-refractivity contribution in [1.82, 2.24) is 0 Å². The molecule has 1 aromatic carbocycles. The van der Waals surface area contributed by atoms with E-state index in [1.165, 1.54) is 17.4 Å². The number of benzene rings is 1. The first-order valence-corrected chi connectivity index (χ1v) is 6.09. The van der Waals surface area contributed by atoms with Crippen LogP contribution in [0.4, 0.5) is 10.1 Å². The second-order valence-corrected chi connectivity index (χ2v) is 5.29. The predicted octanol–water partition coefficient (Wildman–Crippen LogP) is 4.46. The van der Waals surface area contributed by atoms with Gasteiger partial charge in [0.15, 0.2) is 0 Å². The van der Waals surface area contributed by atoms with E-state index < -0.39 is 0 Å². The van der Waals surface area contributed by atoms with E-state index in [4.69, 9.17) is 11.6 Å². The fourth-order valence-corrected chi connectivity index (χ4v) is 2.51. The lowest BCUT2D eigenvalue weighted by Gasteiger charge is -2.09. The third-order valence-electron chi connectivity index (χ3n) is 2.29. The van der Waals surface area contributed by atoms with Crippen LogP contribution in [-0.4, -0.2) is 0 Å². The monoisotopic (exact) mass is 255 g/mol. The number of hydrogen-bond acceptors (Lipinski definition) is 2. The van der Waals surface area contributed by atoms with Gasteiger partial charge < -0.3 is 5.32 Å². The molecule has 0 aliphatic rings. The highest BCUT2D eigenvalue weighted by Gasteiger charge is 2.05. The molecule has 0 bridgehead atoms. The quantitative estimate of drug-likeness (QED) is 0.854. The number of nitrogens with one attached hydrogen (secondary N) is 1. The molecular weight excluding hydrogens is 245 g/mol. The van der Waals surface area contributed by atoms with Crippen molar-refractivity contribution in [3.8, 4) is 0 Å². The van der Waals surface area contributed by atoms with Gasteiger partial charge >= 0.3 is 0 Å². The molecule has 4 heteroatoms. The molecule has 0 saturated carbocycles. The average molecular weight is 256 g/mol. The lowest BCUT2D eigenvalue weighted by atomic mass is 10.2. The minimum absolute atomic E-state index is 0.220. The van der Waals surface area contributed by atoms with Gasteiger partial charge in [-0.3, -0.25) is 0 Å². The Balaban J connectivity index is 2.10. The molecule has 0 spiro atoms. The van der Waals surface area contributed by atoms with Crippen molar-refractivity contribution in [2.45, 2.75) is 13.5 Å². The normalized spacial score (nSPS) is 10.4. The molecule has 16 heavy (non-hydrogen) atoms. The Kier molecular flexibility index (Phi) is 3.46. The Morgan fingerprint density at radius 2 is 2.12 bits per heavy atom. The summed E-state index contributed by atoms with van der Waals surface area (Å²) in [5.74, 6) is -0.220. The maximum atomic E-state index is 13.5. The van der Waals surface area contributed by atoms with Crippen LogP contribution in [0.2, 0.25) is 4.34 Å². The van der Waals surface area contributed by atoms with Crippen molar-refractivity contribution in [3.05, 3.63) is 50.9 Å². The van der Waals surface area contributed by atoms with Crippen LogP contribution in [0.5, 0.6) is 0 Å². The summed E-state index contributed by atoms with van der Waals surface area (Å²) in [5, 5.41) is 3.09. The number of anilines is 1. The lowest BCUT2D eigenvalue weighted by Crippen LogP contribution is -2.01. The number of para-hydroxylation sites is 1. The summed E-state index contributed by atoms with van der Waals surface area (Å²) in [4.78, 5) is 1.09. The highest BCUT2D eigenvalue weighted by molar-refractivity contribution is 7.16. The molecule has 0 atom stereocenters. The van der Waals surface area contributed by atoms with Gasteiger partial charge in [0.1, 0.15) is 5.82 Å².